The van der Waals surface area contributed by atoms with Gasteiger partial charge >= 0.3 is 5.97 Å². The van der Waals surface area contributed by atoms with Gasteiger partial charge in [-0.25, -0.2) is 14.8 Å². The first-order chi connectivity index (χ1) is 8.54. The van der Waals surface area contributed by atoms with E-state index in [-0.39, 0.29) is 11.4 Å². The maximum absolute atomic E-state index is 11.3. The lowest BCUT2D eigenvalue weighted by Crippen LogP contribution is -2.45. The molecule has 0 radical (unpaired) electrons. The summed E-state index contributed by atoms with van der Waals surface area (Å²) in [6.45, 7) is 4.69. The predicted molar refractivity (Wildman–Crippen MR) is 69.4 cm³/mol. The van der Waals surface area contributed by atoms with Gasteiger partial charge in [-0.1, -0.05) is 13.8 Å². The number of ether oxygens (including phenoxy) is 1. The summed E-state index contributed by atoms with van der Waals surface area (Å²) >= 11 is 0. The summed E-state index contributed by atoms with van der Waals surface area (Å²) in [4.78, 5) is 19.2. The fourth-order valence-corrected chi connectivity index (χ4v) is 1.41. The van der Waals surface area contributed by atoms with Gasteiger partial charge < -0.3 is 15.8 Å². The van der Waals surface area contributed by atoms with Crippen molar-refractivity contribution in [3.8, 4) is 0 Å². The molecule has 0 spiro atoms. The van der Waals surface area contributed by atoms with Crippen LogP contribution in [0.1, 0.15) is 37.3 Å². The minimum atomic E-state index is -0.552. The van der Waals surface area contributed by atoms with Crippen LogP contribution in [0.4, 0.5) is 5.82 Å². The van der Waals surface area contributed by atoms with Gasteiger partial charge in [0.15, 0.2) is 0 Å². The number of rotatable bonds is 6. The van der Waals surface area contributed by atoms with E-state index >= 15 is 0 Å². The third-order valence-corrected chi connectivity index (χ3v) is 3.05. The molecule has 1 heterocycles. The standard InChI is InChI=1S/C12H20N4O2/c1-4-12(13,5-2)8-15-9-6-7-14-10(16-9)11(17)18-3/h6-7H,4-5,8,13H2,1-3H3,(H,14,15,16). The van der Waals surface area contributed by atoms with Crippen LogP contribution < -0.4 is 11.1 Å². The molecule has 0 saturated heterocycles. The minimum Gasteiger partial charge on any atom is -0.463 e. The van der Waals surface area contributed by atoms with Crippen molar-refractivity contribution in [2.45, 2.75) is 32.2 Å². The van der Waals surface area contributed by atoms with E-state index in [1.165, 1.54) is 13.3 Å². The van der Waals surface area contributed by atoms with Crippen LogP contribution in [-0.4, -0.2) is 35.1 Å². The molecule has 0 bridgehead atoms. The van der Waals surface area contributed by atoms with Crippen LogP contribution in [-0.2, 0) is 4.74 Å². The van der Waals surface area contributed by atoms with Crippen molar-refractivity contribution in [1.29, 1.82) is 0 Å². The minimum absolute atomic E-state index is 0.0399. The Morgan fingerprint density at radius 3 is 2.72 bits per heavy atom. The molecule has 0 fully saturated rings. The van der Waals surface area contributed by atoms with Crippen LogP contribution in [0.15, 0.2) is 12.3 Å². The normalized spacial score (nSPS) is 11.1. The van der Waals surface area contributed by atoms with E-state index in [0.29, 0.717) is 12.4 Å². The summed E-state index contributed by atoms with van der Waals surface area (Å²) in [6.07, 6.45) is 3.24. The molecule has 0 saturated carbocycles. The van der Waals surface area contributed by atoms with Gasteiger partial charge in [-0.05, 0) is 18.9 Å². The topological polar surface area (TPSA) is 90.1 Å². The molecule has 1 rings (SSSR count). The van der Waals surface area contributed by atoms with Crippen molar-refractivity contribution in [1.82, 2.24) is 9.97 Å². The van der Waals surface area contributed by atoms with Gasteiger partial charge in [-0.2, -0.15) is 0 Å². The van der Waals surface area contributed by atoms with E-state index in [1.54, 1.807) is 6.07 Å². The zero-order valence-electron chi connectivity index (χ0n) is 11.1. The summed E-state index contributed by atoms with van der Waals surface area (Å²) < 4.78 is 4.56. The van der Waals surface area contributed by atoms with Gasteiger partial charge in [0.25, 0.3) is 0 Å². The average molecular weight is 252 g/mol. The quantitative estimate of drug-likeness (QED) is 0.739. The first kappa shape index (κ1) is 14.4. The third kappa shape index (κ3) is 3.66. The molecule has 0 aliphatic carbocycles. The number of aromatic nitrogens is 2. The molecule has 3 N–H and O–H groups in total. The van der Waals surface area contributed by atoms with Crippen molar-refractivity contribution >= 4 is 11.8 Å². The van der Waals surface area contributed by atoms with E-state index < -0.39 is 5.97 Å². The number of anilines is 1. The number of hydrogen-bond acceptors (Lipinski definition) is 6. The number of methoxy groups -OCH3 is 1. The lowest BCUT2D eigenvalue weighted by molar-refractivity contribution is 0.0587. The molecular formula is C12H20N4O2. The van der Waals surface area contributed by atoms with E-state index in [4.69, 9.17) is 5.73 Å². The molecular weight excluding hydrogens is 232 g/mol. The SMILES string of the molecule is CCC(N)(CC)CNc1ccnc(C(=O)OC)n1. The number of esters is 1. The van der Waals surface area contributed by atoms with Crippen LogP contribution in [0.25, 0.3) is 0 Å². The lowest BCUT2D eigenvalue weighted by Gasteiger charge is -2.27. The second-order valence-corrected chi connectivity index (χ2v) is 4.18. The summed E-state index contributed by atoms with van der Waals surface area (Å²) in [7, 11) is 1.30. The molecule has 0 aliphatic rings. The lowest BCUT2D eigenvalue weighted by atomic mass is 9.94. The highest BCUT2D eigenvalue weighted by atomic mass is 16.5. The van der Waals surface area contributed by atoms with Crippen LogP contribution in [0.3, 0.4) is 0 Å². The van der Waals surface area contributed by atoms with Crippen molar-refractivity contribution in [3.05, 3.63) is 18.1 Å². The summed E-state index contributed by atoms with van der Waals surface area (Å²) in [5.74, 6) is 0.0592. The molecule has 0 amide bonds. The first-order valence-electron chi connectivity index (χ1n) is 5.98. The fraction of sp³-hybridized carbons (Fsp3) is 0.583. The molecule has 1 aromatic rings. The number of nitrogens with two attached hydrogens (primary N) is 1. The van der Waals surface area contributed by atoms with E-state index in [2.05, 4.69) is 20.0 Å². The molecule has 18 heavy (non-hydrogen) atoms. The molecule has 0 unspecified atom stereocenters. The molecule has 6 heteroatoms. The highest BCUT2D eigenvalue weighted by molar-refractivity contribution is 5.85. The highest BCUT2D eigenvalue weighted by Gasteiger charge is 2.20. The molecule has 0 aromatic carbocycles. The number of carbonyl (C=O) groups excluding carboxylic acids is 1. The van der Waals surface area contributed by atoms with Crippen molar-refractivity contribution < 1.29 is 9.53 Å². The number of nitrogens with one attached hydrogen (secondary N) is 1. The van der Waals surface area contributed by atoms with E-state index in [1.807, 2.05) is 13.8 Å². The molecule has 6 nitrogen and oxygen atoms in total. The van der Waals surface area contributed by atoms with Crippen molar-refractivity contribution in [3.63, 3.8) is 0 Å². The molecule has 0 atom stereocenters. The Morgan fingerprint density at radius 1 is 1.50 bits per heavy atom. The monoisotopic (exact) mass is 252 g/mol. The second-order valence-electron chi connectivity index (χ2n) is 4.18. The van der Waals surface area contributed by atoms with Crippen LogP contribution in [0.5, 0.6) is 0 Å². The summed E-state index contributed by atoms with van der Waals surface area (Å²) in [5.41, 5.74) is 5.90. The maximum Gasteiger partial charge on any atom is 0.376 e. The van der Waals surface area contributed by atoms with Crippen molar-refractivity contribution in [2.24, 2.45) is 5.73 Å². The third-order valence-electron chi connectivity index (χ3n) is 3.05. The molecule has 100 valence electrons. The smallest absolute Gasteiger partial charge is 0.376 e. The molecule has 0 aliphatic heterocycles. The van der Waals surface area contributed by atoms with Crippen molar-refractivity contribution in [2.75, 3.05) is 19.0 Å². The summed E-state index contributed by atoms with van der Waals surface area (Å²) in [5, 5.41) is 3.12. The van der Waals surface area contributed by atoms with Crippen LogP contribution in [0.2, 0.25) is 0 Å². The Balaban J connectivity index is 2.71. The van der Waals surface area contributed by atoms with Gasteiger partial charge in [0.1, 0.15) is 5.82 Å². The Bertz CT molecular complexity index is 405. The maximum atomic E-state index is 11.3. The van der Waals surface area contributed by atoms with E-state index in [9.17, 15) is 4.79 Å². The molecule has 1 aromatic heterocycles. The Hall–Kier alpha value is -1.69. The predicted octanol–water partition coefficient (Wildman–Crippen LogP) is 1.19. The Labute approximate surface area is 107 Å². The Morgan fingerprint density at radius 2 is 2.17 bits per heavy atom. The zero-order chi connectivity index (χ0) is 13.6. The largest absolute Gasteiger partial charge is 0.463 e. The average Bonchev–Trinajstić information content (AvgIpc) is 2.44. The number of carbonyl (C=O) groups is 1. The van der Waals surface area contributed by atoms with Gasteiger partial charge in [-0.15, -0.1) is 0 Å². The fourth-order valence-electron chi connectivity index (χ4n) is 1.41. The number of hydrogen-bond donors (Lipinski definition) is 2. The van der Waals surface area contributed by atoms with Gasteiger partial charge in [0.2, 0.25) is 5.82 Å². The van der Waals surface area contributed by atoms with Crippen LogP contribution in [0, 0.1) is 0 Å². The van der Waals surface area contributed by atoms with Gasteiger partial charge in [0.05, 0.1) is 7.11 Å². The van der Waals surface area contributed by atoms with Crippen LogP contribution >= 0.6 is 0 Å². The highest BCUT2D eigenvalue weighted by Crippen LogP contribution is 2.12. The van der Waals surface area contributed by atoms with Gasteiger partial charge in [0, 0.05) is 18.3 Å². The zero-order valence-corrected chi connectivity index (χ0v) is 11.1. The van der Waals surface area contributed by atoms with Gasteiger partial charge in [-0.3, -0.25) is 0 Å². The Kier molecular flexibility index (Phi) is 5.03. The second kappa shape index (κ2) is 6.30. The first-order valence-corrected chi connectivity index (χ1v) is 5.98. The number of nitrogens with zero attached hydrogens (tertiary/aromatic N) is 2. The summed E-state index contributed by atoms with van der Waals surface area (Å²) in [6, 6.07) is 1.69. The van der Waals surface area contributed by atoms with E-state index in [0.717, 1.165) is 12.8 Å².